The minimum atomic E-state index is -5.46. The van der Waals surface area contributed by atoms with E-state index in [1.807, 2.05) is 0 Å². The second kappa shape index (κ2) is 43.6. The molecule has 0 aliphatic heterocycles. The van der Waals surface area contributed by atoms with Gasteiger partial charge in [-0.05, 0) is 100 Å². The molecule has 0 aromatic heterocycles. The Kier molecular flexibility index (Phi) is 37.6. The molecule has 0 saturated heterocycles. The van der Waals surface area contributed by atoms with Crippen LogP contribution < -0.4 is 81.8 Å². The molecule has 39 heteroatoms. The minimum Gasteiger partial charge on any atom is -0.508 e. The number of nitrogens with zero attached hydrogens (tertiary/aromatic N) is 1. The molecule has 11 amide bonds. The third kappa shape index (κ3) is 33.2. The molecule has 0 saturated carbocycles. The number of carbonyl (C=O) groups is 14. The molecule has 0 spiro atoms. The molecule has 0 heterocycles. The Morgan fingerprint density at radius 3 is 1.46 bits per heavy atom. The minimum absolute atomic E-state index is 0.0102. The average Bonchev–Trinajstić information content (AvgIpc) is 0.843. The lowest BCUT2D eigenvalue weighted by Gasteiger charge is -2.31. The van der Waals surface area contributed by atoms with Crippen LogP contribution in [0.5, 0.6) is 5.75 Å². The maximum absolute atomic E-state index is 14.5. The Morgan fingerprint density at radius 2 is 0.941 bits per heavy atom. The Bertz CT molecular complexity index is 3250. The molecular weight excluding hydrogens is 1350 g/mol. The number of benzene rings is 2. The highest BCUT2D eigenvalue weighted by atomic mass is 31.2. The van der Waals surface area contributed by atoms with Crippen molar-refractivity contribution >= 4 is 96.7 Å². The molecule has 0 fully saturated rings. The van der Waals surface area contributed by atoms with Crippen LogP contribution in [-0.4, -0.2) is 205 Å². The third-order valence-electron chi connectivity index (χ3n) is 15.5. The number of carboxylic acids is 3. The number of phenols is 1. The van der Waals surface area contributed by atoms with Crippen LogP contribution in [0, 0.1) is 11.8 Å². The largest absolute Gasteiger partial charge is 0.508 e. The molecule has 38 nitrogen and oxygen atoms in total. The number of guanidine groups is 1. The second-order valence-electron chi connectivity index (χ2n) is 24.3. The lowest BCUT2D eigenvalue weighted by molar-refractivity contribution is -0.144. The van der Waals surface area contributed by atoms with Crippen molar-refractivity contribution in [1.82, 2.24) is 53.2 Å². The molecule has 0 bridgehead atoms. The number of aromatic hydroxyl groups is 1. The van der Waals surface area contributed by atoms with Crippen molar-refractivity contribution in [3.63, 3.8) is 0 Å². The number of hydrogen-bond donors (Lipinski definition) is 21. The summed E-state index contributed by atoms with van der Waals surface area (Å²) >= 11 is 0. The van der Waals surface area contributed by atoms with Gasteiger partial charge in [0.15, 0.2) is 5.96 Å². The van der Waals surface area contributed by atoms with Gasteiger partial charge < -0.3 is 112 Å². The molecule has 2 aromatic carbocycles. The summed E-state index contributed by atoms with van der Waals surface area (Å²) in [6.45, 7) is 8.33. The van der Waals surface area contributed by atoms with Crippen molar-refractivity contribution in [3.05, 3.63) is 65.7 Å². The predicted octanol–water partition coefficient (Wildman–Crippen LogP) is -4.56. The fourth-order valence-electron chi connectivity index (χ4n) is 9.70. The summed E-state index contributed by atoms with van der Waals surface area (Å²) in [6.07, 6.45) is -5.09. The lowest BCUT2D eigenvalue weighted by Crippen LogP contribution is -2.62. The van der Waals surface area contributed by atoms with Crippen molar-refractivity contribution < 1.29 is 106 Å². The first kappa shape index (κ1) is 87.2. The van der Waals surface area contributed by atoms with E-state index in [1.165, 1.54) is 45.0 Å². The van der Waals surface area contributed by atoms with E-state index in [0.717, 1.165) is 13.8 Å². The van der Waals surface area contributed by atoms with Crippen LogP contribution in [0.3, 0.4) is 0 Å². The van der Waals surface area contributed by atoms with E-state index in [0.29, 0.717) is 12.0 Å². The summed E-state index contributed by atoms with van der Waals surface area (Å²) in [5.41, 5.74) is 28.6. The van der Waals surface area contributed by atoms with Crippen LogP contribution in [0.4, 0.5) is 0 Å². The maximum Gasteiger partial charge on any atom is 0.469 e. The fraction of sp³-hybridized carbons (Fsp3) is 0.565. The van der Waals surface area contributed by atoms with Crippen molar-refractivity contribution in [2.75, 3.05) is 13.1 Å². The summed E-state index contributed by atoms with van der Waals surface area (Å²) in [4.78, 5) is 211. The number of phenolic OH excluding ortho intramolecular Hbond substituents is 1. The summed E-state index contributed by atoms with van der Waals surface area (Å²) in [5, 5.41) is 62.7. The lowest BCUT2D eigenvalue weighted by atomic mass is 9.96. The zero-order valence-electron chi connectivity index (χ0n) is 56.9. The zero-order chi connectivity index (χ0) is 76.4. The number of nitrogens with two attached hydrogens (primary N) is 5. The number of rotatable bonds is 47. The highest BCUT2D eigenvalue weighted by Gasteiger charge is 2.40. The number of unbranched alkanes of at least 4 members (excludes halogenated alkanes) is 1. The Labute approximate surface area is 582 Å². The van der Waals surface area contributed by atoms with Gasteiger partial charge in [0, 0.05) is 32.2 Å². The predicted molar refractivity (Wildman–Crippen MR) is 360 cm³/mol. The number of hydrogen-bond acceptors (Lipinski definition) is 20. The van der Waals surface area contributed by atoms with Gasteiger partial charge in [0.05, 0.1) is 18.6 Å². The number of carbonyl (C=O) groups excluding carboxylic acids is 11. The zero-order valence-corrected chi connectivity index (χ0v) is 57.8. The number of aliphatic imine (C=N–C) groups is 1. The number of phosphoric acid groups is 1. The van der Waals surface area contributed by atoms with Gasteiger partial charge >= 0.3 is 25.7 Å². The summed E-state index contributed by atoms with van der Waals surface area (Å²) in [5.74, 6) is -18.3. The number of carboxylic acid groups (broad SMARTS) is 3. The average molecular weight is 1450 g/mol. The quantitative estimate of drug-likeness (QED) is 0.0128. The van der Waals surface area contributed by atoms with Crippen LogP contribution in [0.1, 0.15) is 123 Å². The molecule has 0 radical (unpaired) electrons. The molecule has 0 unspecified atom stereocenters. The SMILES string of the molecule is CC[C@H](C)[C@H](NC(=O)[C@@H](N)CCC(=O)O)C(=O)N[C@H](C(=O)N[C@@H](Cc1ccc(O)cc1)C(=O)N[C@@H](C)C(=O)N[C@@H](CCC(=O)O)C(=O)N[C@H](C(=O)N[C@@H](CCCN=C(N)N)C(=O)N[C@@H](Cc1ccccc1)C(=O)N[C@@H](CCCCN)C(=O)N[C@@H](CC(N)=O)C(=O)O)C(C)C)[C@@H](C)OP(=O)(O)O. The van der Waals surface area contributed by atoms with E-state index in [1.54, 1.807) is 37.3 Å². The van der Waals surface area contributed by atoms with Crippen molar-refractivity contribution in [2.45, 2.75) is 198 Å². The van der Waals surface area contributed by atoms with Gasteiger partial charge in [-0.1, -0.05) is 76.6 Å². The van der Waals surface area contributed by atoms with E-state index < -0.39 is 207 Å². The Balaban J connectivity index is 2.58. The standard InChI is InChI=1S/C62H97N16O22P/c1-7-32(4)49(77-52(86)38(64)22-24-46(81)82)59(93)78-50(34(6)100-101(97,98)99)60(94)74-42(29-36-18-20-37(79)21-19-36)56(90)69-33(5)51(85)70-41(23-25-47(83)84)55(89)76-48(31(2)3)58(92)72-40(17-13-27-68-62(66)67)53(87)73-43(28-35-14-9-8-10-15-35)57(91)71-39(16-11-12-26-63)54(88)75-44(61(95)96)30-45(65)80/h8-10,14-15,18-21,31-34,38-44,48-50,79H,7,11-13,16-17,22-30,63-64H2,1-6H3,(H2,65,80)(H,69,90)(H,70,85)(H,71,91)(H,72,92)(H,73,87)(H,74,94)(H,75,88)(H,76,89)(H,77,86)(H,78,93)(H,81,82)(H,83,84)(H,95,96)(H4,66,67,68)(H2,97,98,99)/t32-,33-,34+,38-,39-,40-,41-,42-,43-,44-,48-,49-,50-/m0/s1. The molecule has 0 aliphatic carbocycles. The number of primary amides is 1. The van der Waals surface area contributed by atoms with Gasteiger partial charge in [0.2, 0.25) is 65.0 Å². The normalized spacial score (nSPS) is 15.1. The molecule has 562 valence electrons. The smallest absolute Gasteiger partial charge is 0.469 e. The molecule has 13 atom stereocenters. The van der Waals surface area contributed by atoms with Gasteiger partial charge in [-0.2, -0.15) is 0 Å². The molecule has 2 rings (SSSR count). The molecule has 101 heavy (non-hydrogen) atoms. The monoisotopic (exact) mass is 1450 g/mol. The van der Waals surface area contributed by atoms with E-state index in [4.69, 9.17) is 38.3 Å². The van der Waals surface area contributed by atoms with Crippen molar-refractivity contribution in [2.24, 2.45) is 45.5 Å². The van der Waals surface area contributed by atoms with Gasteiger partial charge in [0.1, 0.15) is 66.2 Å². The van der Waals surface area contributed by atoms with Gasteiger partial charge in [-0.3, -0.25) is 71.8 Å². The van der Waals surface area contributed by atoms with Gasteiger partial charge in [-0.15, -0.1) is 0 Å². The summed E-state index contributed by atoms with van der Waals surface area (Å²) in [6, 6.07) is -4.79. The van der Waals surface area contributed by atoms with E-state index in [9.17, 15) is 96.8 Å². The molecule has 26 N–H and O–H groups in total. The maximum atomic E-state index is 14.5. The van der Waals surface area contributed by atoms with Crippen LogP contribution in [-0.2, 0) is 89.1 Å². The van der Waals surface area contributed by atoms with E-state index in [-0.39, 0.29) is 75.3 Å². The van der Waals surface area contributed by atoms with Gasteiger partial charge in [-0.25, -0.2) is 9.36 Å². The second-order valence-corrected chi connectivity index (χ2v) is 25.5. The molecule has 0 aliphatic rings. The van der Waals surface area contributed by atoms with Crippen LogP contribution in [0.2, 0.25) is 0 Å². The van der Waals surface area contributed by atoms with E-state index >= 15 is 0 Å². The van der Waals surface area contributed by atoms with Crippen LogP contribution >= 0.6 is 7.82 Å². The first-order valence-electron chi connectivity index (χ1n) is 32.3. The van der Waals surface area contributed by atoms with Gasteiger partial charge in [0.25, 0.3) is 0 Å². The highest BCUT2D eigenvalue weighted by molar-refractivity contribution is 7.46. The summed E-state index contributed by atoms with van der Waals surface area (Å²) in [7, 11) is -5.46. The number of aliphatic carboxylic acids is 3. The molecular formula is C62H97N16O22P. The Morgan fingerprint density at radius 1 is 0.505 bits per heavy atom. The van der Waals surface area contributed by atoms with E-state index in [2.05, 4.69) is 58.2 Å². The first-order chi connectivity index (χ1) is 47.3. The first-order valence-corrected chi connectivity index (χ1v) is 33.9. The summed E-state index contributed by atoms with van der Waals surface area (Å²) < 4.78 is 16.9. The fourth-order valence-corrected chi connectivity index (χ4v) is 10.3. The number of nitrogens with one attached hydrogen (secondary N) is 10. The Hall–Kier alpha value is -9.88. The topological polar surface area (TPSA) is 649 Å². The molecule has 2 aromatic rings. The third-order valence-corrected chi connectivity index (χ3v) is 16.1. The number of phosphoric ester groups is 1. The van der Waals surface area contributed by atoms with Crippen molar-refractivity contribution in [1.29, 1.82) is 0 Å². The van der Waals surface area contributed by atoms with Crippen LogP contribution in [0.25, 0.3) is 0 Å². The van der Waals surface area contributed by atoms with Crippen molar-refractivity contribution in [3.8, 4) is 5.75 Å². The number of amides is 11. The van der Waals surface area contributed by atoms with Crippen LogP contribution in [0.15, 0.2) is 59.6 Å². The highest BCUT2D eigenvalue weighted by Crippen LogP contribution is 2.38.